The van der Waals surface area contributed by atoms with Crippen LogP contribution in [0.2, 0.25) is 0 Å². The normalized spacial score (nSPS) is 24.8. The van der Waals surface area contributed by atoms with Gasteiger partial charge < -0.3 is 4.90 Å². The molecule has 0 spiro atoms. The van der Waals surface area contributed by atoms with Crippen LogP contribution in [0, 0.1) is 0 Å². The van der Waals surface area contributed by atoms with Crippen LogP contribution in [-0.2, 0) is 4.79 Å². The lowest BCUT2D eigenvalue weighted by atomic mass is 10.1. The van der Waals surface area contributed by atoms with Crippen LogP contribution in [0.3, 0.4) is 0 Å². The topological polar surface area (TPSA) is 20.3 Å². The van der Waals surface area contributed by atoms with Crippen molar-refractivity contribution in [2.45, 2.75) is 50.4 Å². The first kappa shape index (κ1) is 11.0. The van der Waals surface area contributed by atoms with Crippen molar-refractivity contribution >= 4 is 21.8 Å². The highest BCUT2D eigenvalue weighted by Crippen LogP contribution is 2.22. The van der Waals surface area contributed by atoms with Gasteiger partial charge in [-0.2, -0.15) is 0 Å². The molecule has 0 aliphatic carbocycles. The number of halogens is 1. The Bertz CT molecular complexity index is 184. The van der Waals surface area contributed by atoms with Crippen molar-refractivity contribution < 1.29 is 4.79 Å². The number of amides is 1. The van der Waals surface area contributed by atoms with Crippen molar-refractivity contribution in [3.05, 3.63) is 0 Å². The van der Waals surface area contributed by atoms with Crippen LogP contribution in [0.5, 0.6) is 0 Å². The molecule has 0 bridgehead atoms. The number of rotatable bonds is 3. The van der Waals surface area contributed by atoms with Crippen LogP contribution in [0.1, 0.15) is 39.5 Å². The molecule has 1 aliphatic heterocycles. The molecule has 1 amide bonds. The fourth-order valence-corrected chi connectivity index (χ4v) is 2.17. The third kappa shape index (κ3) is 2.46. The van der Waals surface area contributed by atoms with Crippen LogP contribution >= 0.6 is 15.9 Å². The Hall–Kier alpha value is -0.0500. The zero-order valence-electron chi connectivity index (χ0n) is 8.42. The Balaban J connectivity index is 2.54. The van der Waals surface area contributed by atoms with E-state index in [-0.39, 0.29) is 10.7 Å². The molecule has 1 heterocycles. The molecule has 1 fully saturated rings. The first-order chi connectivity index (χ1) is 6.20. The van der Waals surface area contributed by atoms with Crippen molar-refractivity contribution in [2.75, 3.05) is 6.54 Å². The maximum absolute atomic E-state index is 11.8. The summed E-state index contributed by atoms with van der Waals surface area (Å²) in [5, 5.41) is 0. The summed E-state index contributed by atoms with van der Waals surface area (Å²) in [4.78, 5) is 13.9. The summed E-state index contributed by atoms with van der Waals surface area (Å²) in [6.07, 6.45) is 4.33. The molecule has 0 radical (unpaired) electrons. The Kier molecular flexibility index (Phi) is 4.23. The van der Waals surface area contributed by atoms with Gasteiger partial charge in [0.1, 0.15) is 0 Å². The maximum atomic E-state index is 11.8. The highest BCUT2D eigenvalue weighted by Gasteiger charge is 2.29. The van der Waals surface area contributed by atoms with E-state index in [0.29, 0.717) is 6.04 Å². The Labute approximate surface area is 88.8 Å². The minimum Gasteiger partial charge on any atom is -0.339 e. The summed E-state index contributed by atoms with van der Waals surface area (Å²) >= 11 is 3.42. The summed E-state index contributed by atoms with van der Waals surface area (Å²) in [7, 11) is 0. The molecular formula is C10H18BrNO. The third-order valence-electron chi connectivity index (χ3n) is 2.76. The van der Waals surface area contributed by atoms with Gasteiger partial charge in [-0.15, -0.1) is 0 Å². The molecule has 0 saturated carbocycles. The Morgan fingerprint density at radius 2 is 2.31 bits per heavy atom. The van der Waals surface area contributed by atoms with Crippen LogP contribution in [-0.4, -0.2) is 28.2 Å². The van der Waals surface area contributed by atoms with E-state index in [1.165, 1.54) is 12.8 Å². The van der Waals surface area contributed by atoms with Gasteiger partial charge >= 0.3 is 0 Å². The van der Waals surface area contributed by atoms with E-state index in [0.717, 1.165) is 19.4 Å². The minimum absolute atomic E-state index is 0.0275. The van der Waals surface area contributed by atoms with Gasteiger partial charge in [-0.3, -0.25) is 4.79 Å². The molecule has 0 aromatic rings. The molecule has 2 nitrogen and oxygen atoms in total. The van der Waals surface area contributed by atoms with Gasteiger partial charge in [0, 0.05) is 12.6 Å². The second-order valence-electron chi connectivity index (χ2n) is 3.61. The van der Waals surface area contributed by atoms with Crippen molar-refractivity contribution in [1.82, 2.24) is 4.90 Å². The van der Waals surface area contributed by atoms with E-state index in [1.807, 2.05) is 11.8 Å². The largest absolute Gasteiger partial charge is 0.339 e. The zero-order chi connectivity index (χ0) is 9.84. The molecular weight excluding hydrogens is 230 g/mol. The van der Waals surface area contributed by atoms with Crippen LogP contribution in [0.15, 0.2) is 0 Å². The fraction of sp³-hybridized carbons (Fsp3) is 0.900. The average molecular weight is 248 g/mol. The molecule has 2 atom stereocenters. The number of alkyl halides is 1. The highest BCUT2D eigenvalue weighted by atomic mass is 79.9. The van der Waals surface area contributed by atoms with E-state index in [1.54, 1.807) is 0 Å². The van der Waals surface area contributed by atoms with Crippen LogP contribution in [0.4, 0.5) is 0 Å². The number of hydrogen-bond acceptors (Lipinski definition) is 1. The van der Waals surface area contributed by atoms with Gasteiger partial charge in [-0.1, -0.05) is 29.8 Å². The van der Waals surface area contributed by atoms with E-state index in [9.17, 15) is 4.79 Å². The third-order valence-corrected chi connectivity index (χ3v) is 3.80. The molecule has 1 aliphatic rings. The number of nitrogens with zero attached hydrogens (tertiary/aromatic N) is 1. The average Bonchev–Trinajstić information content (AvgIpc) is 2.62. The summed E-state index contributed by atoms with van der Waals surface area (Å²) in [5.74, 6) is 0.284. The van der Waals surface area contributed by atoms with Crippen molar-refractivity contribution in [3.63, 3.8) is 0 Å². The molecule has 76 valence electrons. The smallest absolute Gasteiger partial charge is 0.236 e. The van der Waals surface area contributed by atoms with E-state index in [4.69, 9.17) is 0 Å². The lowest BCUT2D eigenvalue weighted by Crippen LogP contribution is -2.39. The first-order valence-electron chi connectivity index (χ1n) is 5.15. The lowest BCUT2D eigenvalue weighted by molar-refractivity contribution is -0.131. The molecule has 0 aromatic carbocycles. The minimum atomic E-state index is 0.0275. The lowest BCUT2D eigenvalue weighted by Gasteiger charge is -2.25. The maximum Gasteiger partial charge on any atom is 0.236 e. The fourth-order valence-electron chi connectivity index (χ4n) is 1.90. The number of carbonyl (C=O) groups excluding carboxylic acids is 1. The molecule has 2 unspecified atom stereocenters. The highest BCUT2D eigenvalue weighted by molar-refractivity contribution is 9.10. The van der Waals surface area contributed by atoms with Crippen LogP contribution in [0.25, 0.3) is 0 Å². The molecule has 1 rings (SSSR count). The number of likely N-dealkylation sites (tertiary alicyclic amines) is 1. The van der Waals surface area contributed by atoms with Crippen LogP contribution < -0.4 is 0 Å². The van der Waals surface area contributed by atoms with Crippen molar-refractivity contribution in [3.8, 4) is 0 Å². The zero-order valence-corrected chi connectivity index (χ0v) is 10.0. The molecule has 0 aromatic heterocycles. The van der Waals surface area contributed by atoms with Gasteiger partial charge in [-0.25, -0.2) is 0 Å². The van der Waals surface area contributed by atoms with Gasteiger partial charge in [0.15, 0.2) is 0 Å². The second-order valence-corrected chi connectivity index (χ2v) is 4.72. The number of carbonyl (C=O) groups is 1. The Morgan fingerprint density at radius 1 is 1.62 bits per heavy atom. The predicted octanol–water partition coefficient (Wildman–Crippen LogP) is 2.56. The predicted molar refractivity (Wildman–Crippen MR) is 58.0 cm³/mol. The van der Waals surface area contributed by atoms with E-state index in [2.05, 4.69) is 22.9 Å². The molecule has 1 saturated heterocycles. The monoisotopic (exact) mass is 247 g/mol. The van der Waals surface area contributed by atoms with Crippen molar-refractivity contribution in [1.29, 1.82) is 0 Å². The standard InChI is InChI=1S/C10H18BrNO/c1-3-8-6-5-7-12(8)10(13)9(11)4-2/h8-9H,3-7H2,1-2H3. The van der Waals surface area contributed by atoms with Gasteiger partial charge in [0.05, 0.1) is 4.83 Å². The van der Waals surface area contributed by atoms with Crippen molar-refractivity contribution in [2.24, 2.45) is 0 Å². The van der Waals surface area contributed by atoms with Gasteiger partial charge in [0.2, 0.25) is 5.91 Å². The van der Waals surface area contributed by atoms with Gasteiger partial charge in [-0.05, 0) is 25.7 Å². The summed E-state index contributed by atoms with van der Waals surface area (Å²) < 4.78 is 0. The van der Waals surface area contributed by atoms with Gasteiger partial charge in [0.25, 0.3) is 0 Å². The summed E-state index contributed by atoms with van der Waals surface area (Å²) in [5.41, 5.74) is 0. The molecule has 13 heavy (non-hydrogen) atoms. The number of hydrogen-bond donors (Lipinski definition) is 0. The Morgan fingerprint density at radius 3 is 2.85 bits per heavy atom. The molecule has 0 N–H and O–H groups in total. The summed E-state index contributed by atoms with van der Waals surface area (Å²) in [6, 6.07) is 0.499. The van der Waals surface area contributed by atoms with E-state index < -0.39 is 0 Å². The SMILES string of the molecule is CCC(Br)C(=O)N1CCCC1CC. The van der Waals surface area contributed by atoms with E-state index >= 15 is 0 Å². The molecule has 3 heteroatoms. The summed E-state index contributed by atoms with van der Waals surface area (Å²) in [6.45, 7) is 5.15. The quantitative estimate of drug-likeness (QED) is 0.703. The second kappa shape index (κ2) is 4.99. The first-order valence-corrected chi connectivity index (χ1v) is 6.06.